The predicted octanol–water partition coefficient (Wildman–Crippen LogP) is -0.520. The molecule has 0 fully saturated rings. The summed E-state index contributed by atoms with van der Waals surface area (Å²) in [5.41, 5.74) is 0. The maximum Gasteiger partial charge on any atom is 0.320 e. The summed E-state index contributed by atoms with van der Waals surface area (Å²) >= 11 is 0. The molecule has 0 heterocycles. The minimum Gasteiger partial charge on any atom is -0.480 e. The van der Waals surface area contributed by atoms with Crippen LogP contribution < -0.4 is 0 Å². The molecule has 0 rings (SSSR count). The molecule has 0 aliphatic carbocycles. The van der Waals surface area contributed by atoms with E-state index in [4.69, 9.17) is 5.11 Å². The predicted molar refractivity (Wildman–Crippen MR) is 48.4 cm³/mol. The number of likely N-dealkylation sites (N-methyl/N-ethyl adjacent to an activating group) is 2. The standard InChI is InChI=1S/C8H16N2O3/c1-6(8(12)13)10(4)5-7(11)9(2)3/h6H,5H2,1-4H3,(H,12,13)/t6-/m0/s1. The highest BCUT2D eigenvalue weighted by Crippen LogP contribution is 1.95. The molecule has 76 valence electrons. The minimum absolute atomic E-state index is 0.101. The van der Waals surface area contributed by atoms with Crippen LogP contribution in [0.2, 0.25) is 0 Å². The fourth-order valence-corrected chi connectivity index (χ4v) is 0.680. The monoisotopic (exact) mass is 188 g/mol. The van der Waals surface area contributed by atoms with Crippen LogP contribution >= 0.6 is 0 Å². The van der Waals surface area contributed by atoms with Gasteiger partial charge in [0.05, 0.1) is 6.54 Å². The van der Waals surface area contributed by atoms with Gasteiger partial charge in [-0.25, -0.2) is 0 Å². The van der Waals surface area contributed by atoms with Crippen LogP contribution in [0.1, 0.15) is 6.92 Å². The number of carbonyl (C=O) groups is 2. The quantitative estimate of drug-likeness (QED) is 0.645. The van der Waals surface area contributed by atoms with Gasteiger partial charge in [0.1, 0.15) is 6.04 Å². The number of aliphatic carboxylic acids is 1. The highest BCUT2D eigenvalue weighted by Gasteiger charge is 2.19. The maximum absolute atomic E-state index is 11.2. The van der Waals surface area contributed by atoms with Crippen LogP contribution in [0, 0.1) is 0 Å². The Kier molecular flexibility index (Phi) is 4.40. The molecular formula is C8H16N2O3. The van der Waals surface area contributed by atoms with E-state index < -0.39 is 12.0 Å². The topological polar surface area (TPSA) is 60.9 Å². The summed E-state index contributed by atoms with van der Waals surface area (Å²) in [5, 5.41) is 8.64. The van der Waals surface area contributed by atoms with Crippen LogP contribution in [0.4, 0.5) is 0 Å². The molecule has 0 radical (unpaired) electrons. The third-order valence-electron chi connectivity index (χ3n) is 1.90. The first-order valence-electron chi connectivity index (χ1n) is 3.99. The summed E-state index contributed by atoms with van der Waals surface area (Å²) in [6.07, 6.45) is 0. The average molecular weight is 188 g/mol. The van der Waals surface area contributed by atoms with Gasteiger partial charge in [0.2, 0.25) is 5.91 Å². The van der Waals surface area contributed by atoms with E-state index in [1.165, 1.54) is 9.80 Å². The number of carbonyl (C=O) groups excluding carboxylic acids is 1. The van der Waals surface area contributed by atoms with Gasteiger partial charge in [-0.3, -0.25) is 14.5 Å². The van der Waals surface area contributed by atoms with Gasteiger partial charge in [-0.2, -0.15) is 0 Å². The average Bonchev–Trinajstić information content (AvgIpc) is 2.02. The zero-order valence-corrected chi connectivity index (χ0v) is 8.44. The van der Waals surface area contributed by atoms with Crippen LogP contribution in [0.3, 0.4) is 0 Å². The zero-order chi connectivity index (χ0) is 10.6. The van der Waals surface area contributed by atoms with Crippen LogP contribution in [-0.4, -0.2) is 60.5 Å². The third kappa shape index (κ3) is 3.89. The molecule has 0 aromatic rings. The first-order valence-corrected chi connectivity index (χ1v) is 3.99. The highest BCUT2D eigenvalue weighted by atomic mass is 16.4. The molecule has 0 bridgehead atoms. The molecule has 0 aromatic carbocycles. The Labute approximate surface area is 77.9 Å². The summed E-state index contributed by atoms with van der Waals surface area (Å²) in [6, 6.07) is -0.635. The number of nitrogens with zero attached hydrogens (tertiary/aromatic N) is 2. The summed E-state index contributed by atoms with van der Waals surface area (Å²) in [4.78, 5) is 24.6. The van der Waals surface area contributed by atoms with Crippen LogP contribution in [0.15, 0.2) is 0 Å². The molecule has 5 nitrogen and oxygen atoms in total. The van der Waals surface area contributed by atoms with E-state index in [2.05, 4.69) is 0 Å². The normalized spacial score (nSPS) is 12.7. The molecule has 0 aromatic heterocycles. The number of carboxylic acid groups (broad SMARTS) is 1. The van der Waals surface area contributed by atoms with Crippen molar-refractivity contribution in [1.29, 1.82) is 0 Å². The largest absolute Gasteiger partial charge is 0.480 e. The van der Waals surface area contributed by atoms with Crippen molar-refractivity contribution in [1.82, 2.24) is 9.80 Å². The Morgan fingerprint density at radius 2 is 1.77 bits per heavy atom. The zero-order valence-electron chi connectivity index (χ0n) is 8.44. The molecule has 0 aliphatic heterocycles. The van der Waals surface area contributed by atoms with Gasteiger partial charge < -0.3 is 10.0 Å². The van der Waals surface area contributed by atoms with Crippen molar-refractivity contribution in [2.45, 2.75) is 13.0 Å². The molecule has 0 saturated carbocycles. The molecule has 0 spiro atoms. The Balaban J connectivity index is 4.07. The fraction of sp³-hybridized carbons (Fsp3) is 0.750. The van der Waals surface area contributed by atoms with Crippen molar-refractivity contribution < 1.29 is 14.7 Å². The lowest BCUT2D eigenvalue weighted by Gasteiger charge is -2.22. The Bertz CT molecular complexity index is 204. The van der Waals surface area contributed by atoms with E-state index >= 15 is 0 Å². The second-order valence-electron chi connectivity index (χ2n) is 3.22. The molecule has 1 atom stereocenters. The Morgan fingerprint density at radius 1 is 1.31 bits per heavy atom. The molecule has 1 amide bonds. The van der Waals surface area contributed by atoms with Gasteiger partial charge in [0.15, 0.2) is 0 Å². The van der Waals surface area contributed by atoms with Crippen molar-refractivity contribution in [3.63, 3.8) is 0 Å². The van der Waals surface area contributed by atoms with E-state index in [0.717, 1.165) is 0 Å². The molecule has 0 unspecified atom stereocenters. The summed E-state index contributed by atoms with van der Waals surface area (Å²) in [6.45, 7) is 1.67. The van der Waals surface area contributed by atoms with Gasteiger partial charge >= 0.3 is 5.97 Å². The van der Waals surface area contributed by atoms with E-state index in [1.54, 1.807) is 28.1 Å². The van der Waals surface area contributed by atoms with Crippen molar-refractivity contribution in [3.8, 4) is 0 Å². The number of hydrogen-bond donors (Lipinski definition) is 1. The Morgan fingerprint density at radius 3 is 2.08 bits per heavy atom. The Hall–Kier alpha value is -1.10. The lowest BCUT2D eigenvalue weighted by atomic mass is 10.3. The SMILES string of the molecule is C[C@@H](C(=O)O)N(C)CC(=O)N(C)C. The second-order valence-corrected chi connectivity index (χ2v) is 3.22. The van der Waals surface area contributed by atoms with E-state index in [-0.39, 0.29) is 12.5 Å². The second kappa shape index (κ2) is 4.81. The lowest BCUT2D eigenvalue weighted by Crippen LogP contribution is -2.42. The number of amides is 1. The van der Waals surface area contributed by atoms with Gasteiger partial charge in [0, 0.05) is 14.1 Å². The van der Waals surface area contributed by atoms with Crippen LogP contribution in [0.25, 0.3) is 0 Å². The van der Waals surface area contributed by atoms with Crippen molar-refractivity contribution >= 4 is 11.9 Å². The molecular weight excluding hydrogens is 172 g/mol. The van der Waals surface area contributed by atoms with E-state index in [9.17, 15) is 9.59 Å². The van der Waals surface area contributed by atoms with Crippen molar-refractivity contribution in [2.75, 3.05) is 27.7 Å². The fourth-order valence-electron chi connectivity index (χ4n) is 0.680. The van der Waals surface area contributed by atoms with Gasteiger partial charge in [-0.1, -0.05) is 0 Å². The number of rotatable bonds is 4. The number of carboxylic acids is 1. The summed E-state index contributed by atoms with van der Waals surface area (Å²) in [5.74, 6) is -1.02. The van der Waals surface area contributed by atoms with Gasteiger partial charge in [0.25, 0.3) is 0 Å². The summed E-state index contributed by atoms with van der Waals surface area (Å²) < 4.78 is 0. The maximum atomic E-state index is 11.2. The molecule has 0 saturated heterocycles. The highest BCUT2D eigenvalue weighted by molar-refractivity contribution is 5.79. The lowest BCUT2D eigenvalue weighted by molar-refractivity contribution is -0.143. The molecule has 5 heteroatoms. The minimum atomic E-state index is -0.922. The van der Waals surface area contributed by atoms with E-state index in [1.807, 2.05) is 0 Å². The molecule has 1 N–H and O–H groups in total. The number of hydrogen-bond acceptors (Lipinski definition) is 3. The van der Waals surface area contributed by atoms with Crippen molar-refractivity contribution in [2.24, 2.45) is 0 Å². The third-order valence-corrected chi connectivity index (χ3v) is 1.90. The summed E-state index contributed by atoms with van der Waals surface area (Å²) in [7, 11) is 4.89. The smallest absolute Gasteiger partial charge is 0.320 e. The first-order chi connectivity index (χ1) is 5.86. The first kappa shape index (κ1) is 11.9. The molecule has 13 heavy (non-hydrogen) atoms. The molecule has 0 aliphatic rings. The van der Waals surface area contributed by atoms with E-state index in [0.29, 0.717) is 0 Å². The van der Waals surface area contributed by atoms with Gasteiger partial charge in [-0.05, 0) is 14.0 Å². The van der Waals surface area contributed by atoms with Gasteiger partial charge in [-0.15, -0.1) is 0 Å². The van der Waals surface area contributed by atoms with Crippen LogP contribution in [-0.2, 0) is 9.59 Å². The van der Waals surface area contributed by atoms with Crippen molar-refractivity contribution in [3.05, 3.63) is 0 Å². The van der Waals surface area contributed by atoms with Crippen LogP contribution in [0.5, 0.6) is 0 Å².